The molecule has 0 fully saturated rings. The van der Waals surface area contributed by atoms with Crippen molar-refractivity contribution in [3.63, 3.8) is 0 Å². The fourth-order valence-electron chi connectivity index (χ4n) is 2.60. The quantitative estimate of drug-likeness (QED) is 0.718. The molecule has 1 aliphatic heterocycles. The van der Waals surface area contributed by atoms with E-state index >= 15 is 0 Å². The monoisotopic (exact) mass is 401 g/mol. The number of sulfonamides is 1. The van der Waals surface area contributed by atoms with Crippen molar-refractivity contribution in [2.24, 2.45) is 0 Å². The van der Waals surface area contributed by atoms with Crippen LogP contribution in [0.1, 0.15) is 24.4 Å². The summed E-state index contributed by atoms with van der Waals surface area (Å²) in [4.78, 5) is -0.00200. The second-order valence-electron chi connectivity index (χ2n) is 5.73. The van der Waals surface area contributed by atoms with Crippen LogP contribution in [0.15, 0.2) is 45.9 Å². The van der Waals surface area contributed by atoms with Crippen LogP contribution in [-0.4, -0.2) is 35.9 Å². The minimum absolute atomic E-state index is 0.00200. The molecule has 1 atom stereocenters. The number of hydrogen-bond acceptors (Lipinski definition) is 7. The predicted molar refractivity (Wildman–Crippen MR) is 93.3 cm³/mol. The van der Waals surface area contributed by atoms with Crippen molar-refractivity contribution in [3.05, 3.63) is 42.4 Å². The maximum Gasteiger partial charge on any atom is 0.231 e. The van der Waals surface area contributed by atoms with Gasteiger partial charge in [0.25, 0.3) is 0 Å². The van der Waals surface area contributed by atoms with Crippen molar-refractivity contribution >= 4 is 19.9 Å². The molecular formula is C16H19NO7S2. The molecule has 2 aromatic rings. The summed E-state index contributed by atoms with van der Waals surface area (Å²) in [7, 11) is -7.51. The lowest BCUT2D eigenvalue weighted by molar-refractivity contribution is 0.174. The number of fused-ring (bicyclic) bond motifs is 1. The number of benzene rings is 1. The Labute approximate surface area is 152 Å². The summed E-state index contributed by atoms with van der Waals surface area (Å²) >= 11 is 0. The third kappa shape index (κ3) is 3.87. The molecule has 0 amide bonds. The van der Waals surface area contributed by atoms with Crippen LogP contribution in [0.25, 0.3) is 0 Å². The summed E-state index contributed by atoms with van der Waals surface area (Å²) in [6, 6.07) is 7.34. The van der Waals surface area contributed by atoms with E-state index in [1.165, 1.54) is 30.5 Å². The van der Waals surface area contributed by atoms with Gasteiger partial charge in [0.1, 0.15) is 11.0 Å². The molecule has 8 nitrogen and oxygen atoms in total. The number of nitrogens with one attached hydrogen (secondary N) is 1. The maximum absolute atomic E-state index is 13.1. The molecule has 0 unspecified atom stereocenters. The second kappa shape index (κ2) is 7.29. The van der Waals surface area contributed by atoms with Gasteiger partial charge in [0, 0.05) is 12.6 Å². The summed E-state index contributed by atoms with van der Waals surface area (Å²) in [6.07, 6.45) is 1.77. The van der Waals surface area contributed by atoms with Gasteiger partial charge in [0.15, 0.2) is 21.3 Å². The van der Waals surface area contributed by atoms with Crippen LogP contribution < -0.4 is 14.2 Å². The third-order valence-corrected chi connectivity index (χ3v) is 7.48. The van der Waals surface area contributed by atoms with Crippen molar-refractivity contribution in [1.82, 2.24) is 4.72 Å². The average molecular weight is 401 g/mol. The molecule has 0 spiro atoms. The largest absolute Gasteiger partial charge is 0.468 e. The lowest BCUT2D eigenvalue weighted by atomic mass is 10.3. The first-order valence-electron chi connectivity index (χ1n) is 7.98. The molecule has 3 rings (SSSR count). The van der Waals surface area contributed by atoms with Crippen molar-refractivity contribution < 1.29 is 30.7 Å². The molecule has 0 aliphatic carbocycles. The van der Waals surface area contributed by atoms with Gasteiger partial charge in [0.2, 0.25) is 16.8 Å². The van der Waals surface area contributed by atoms with Gasteiger partial charge in [-0.15, -0.1) is 0 Å². The number of sulfone groups is 1. The van der Waals surface area contributed by atoms with E-state index < -0.39 is 25.1 Å². The Morgan fingerprint density at radius 3 is 2.58 bits per heavy atom. The van der Waals surface area contributed by atoms with Gasteiger partial charge in [-0.2, -0.15) is 0 Å². The fraction of sp³-hybridized carbons (Fsp3) is 0.375. The Balaban J connectivity index is 1.93. The summed E-state index contributed by atoms with van der Waals surface area (Å²) in [5.41, 5.74) is 0. The topological polar surface area (TPSA) is 112 Å². The summed E-state index contributed by atoms with van der Waals surface area (Å²) < 4.78 is 68.2. The van der Waals surface area contributed by atoms with E-state index in [1.807, 2.05) is 0 Å². The van der Waals surface area contributed by atoms with Crippen LogP contribution in [0.4, 0.5) is 0 Å². The summed E-state index contributed by atoms with van der Waals surface area (Å²) in [6.45, 7) is 1.43. The van der Waals surface area contributed by atoms with Gasteiger partial charge in [-0.1, -0.05) is 6.92 Å². The van der Waals surface area contributed by atoms with E-state index in [2.05, 4.69) is 4.72 Å². The highest BCUT2D eigenvalue weighted by molar-refractivity contribution is 7.92. The van der Waals surface area contributed by atoms with Gasteiger partial charge in [-0.25, -0.2) is 21.6 Å². The van der Waals surface area contributed by atoms with Crippen molar-refractivity contribution in [2.45, 2.75) is 23.5 Å². The molecule has 0 bridgehead atoms. The zero-order chi connectivity index (χ0) is 18.8. The van der Waals surface area contributed by atoms with E-state index in [1.54, 1.807) is 13.0 Å². The molecule has 1 aromatic heterocycles. The molecule has 0 saturated carbocycles. The maximum atomic E-state index is 13.1. The average Bonchev–Trinajstić information content (AvgIpc) is 3.25. The van der Waals surface area contributed by atoms with Gasteiger partial charge >= 0.3 is 0 Å². The van der Waals surface area contributed by atoms with Crippen LogP contribution >= 0.6 is 0 Å². The fourth-order valence-corrected chi connectivity index (χ4v) is 5.41. The minimum Gasteiger partial charge on any atom is -0.468 e. The molecule has 2 heterocycles. The Hall–Kier alpha value is -2.04. The van der Waals surface area contributed by atoms with E-state index in [0.29, 0.717) is 17.9 Å². The van der Waals surface area contributed by atoms with E-state index in [0.717, 1.165) is 0 Å². The highest BCUT2D eigenvalue weighted by Crippen LogP contribution is 2.37. The Morgan fingerprint density at radius 1 is 1.12 bits per heavy atom. The SMILES string of the molecule is CCCS(=O)(=O)NC[C@H](c1ccco1)S(=O)(=O)c1ccc2c(c1)OCO2. The zero-order valence-electron chi connectivity index (χ0n) is 14.0. The summed E-state index contributed by atoms with van der Waals surface area (Å²) in [5.74, 6) is 0.863. The first-order chi connectivity index (χ1) is 12.3. The van der Waals surface area contributed by atoms with Crippen molar-refractivity contribution in [1.29, 1.82) is 0 Å². The zero-order valence-corrected chi connectivity index (χ0v) is 15.7. The third-order valence-electron chi connectivity index (χ3n) is 3.87. The standard InChI is InChI=1S/C16H19NO7S2/c1-2-8-25(18,19)17-10-16(14-4-3-7-22-14)26(20,21)12-5-6-13-15(9-12)24-11-23-13/h3-7,9,16-17H,2,8,10-11H2,1H3/t16-/m1/s1. The molecule has 142 valence electrons. The van der Waals surface area contributed by atoms with Crippen molar-refractivity contribution in [3.8, 4) is 11.5 Å². The molecule has 0 radical (unpaired) electrons. The lowest BCUT2D eigenvalue weighted by Crippen LogP contribution is -2.33. The molecule has 1 aliphatic rings. The number of rotatable bonds is 8. The van der Waals surface area contributed by atoms with E-state index in [9.17, 15) is 16.8 Å². The van der Waals surface area contributed by atoms with E-state index in [4.69, 9.17) is 13.9 Å². The Morgan fingerprint density at radius 2 is 1.88 bits per heavy atom. The minimum atomic E-state index is -3.94. The number of ether oxygens (including phenoxy) is 2. The Bertz CT molecular complexity index is 966. The second-order valence-corrected chi connectivity index (χ2v) is 9.79. The van der Waals surface area contributed by atoms with Crippen molar-refractivity contribution in [2.75, 3.05) is 19.1 Å². The van der Waals surface area contributed by atoms with Crippen LogP contribution in [0, 0.1) is 0 Å². The van der Waals surface area contributed by atoms with Gasteiger partial charge < -0.3 is 13.9 Å². The number of hydrogen-bond donors (Lipinski definition) is 1. The molecule has 10 heteroatoms. The lowest BCUT2D eigenvalue weighted by Gasteiger charge is -2.17. The normalized spacial score (nSPS) is 15.1. The molecular weight excluding hydrogens is 382 g/mol. The van der Waals surface area contributed by atoms with Crippen LogP contribution in [0.5, 0.6) is 11.5 Å². The Kier molecular flexibility index (Phi) is 5.26. The molecule has 26 heavy (non-hydrogen) atoms. The van der Waals surface area contributed by atoms with Gasteiger partial charge in [0.05, 0.1) is 16.9 Å². The van der Waals surface area contributed by atoms with Gasteiger partial charge in [-0.05, 0) is 30.7 Å². The van der Waals surface area contributed by atoms with Crippen LogP contribution in [0.2, 0.25) is 0 Å². The molecule has 1 aromatic carbocycles. The summed E-state index contributed by atoms with van der Waals surface area (Å²) in [5, 5.41) is -1.20. The highest BCUT2D eigenvalue weighted by atomic mass is 32.2. The number of furan rings is 1. The van der Waals surface area contributed by atoms with Crippen LogP contribution in [-0.2, 0) is 19.9 Å². The van der Waals surface area contributed by atoms with E-state index in [-0.39, 0.29) is 29.7 Å². The predicted octanol–water partition coefficient (Wildman–Crippen LogP) is 1.85. The highest BCUT2D eigenvalue weighted by Gasteiger charge is 2.33. The first-order valence-corrected chi connectivity index (χ1v) is 11.2. The molecule has 0 saturated heterocycles. The smallest absolute Gasteiger partial charge is 0.231 e. The first kappa shape index (κ1) is 18.7. The molecule has 1 N–H and O–H groups in total. The van der Waals surface area contributed by atoms with Crippen LogP contribution in [0.3, 0.4) is 0 Å². The van der Waals surface area contributed by atoms with Gasteiger partial charge in [-0.3, -0.25) is 0 Å².